The van der Waals surface area contributed by atoms with E-state index in [2.05, 4.69) is 4.74 Å². The number of hydrogen-bond acceptors (Lipinski definition) is 5. The number of rotatable bonds is 6. The molecule has 0 bridgehead atoms. The van der Waals surface area contributed by atoms with Crippen LogP contribution in [0.2, 0.25) is 0 Å². The maximum Gasteiger partial charge on any atom is 0.415 e. The van der Waals surface area contributed by atoms with Crippen molar-refractivity contribution in [1.29, 1.82) is 0 Å². The highest BCUT2D eigenvalue weighted by Crippen LogP contribution is 2.22. The van der Waals surface area contributed by atoms with Crippen molar-refractivity contribution >= 4 is 5.97 Å². The van der Waals surface area contributed by atoms with Gasteiger partial charge < -0.3 is 14.3 Å². The predicted octanol–water partition coefficient (Wildman–Crippen LogP) is 1.98. The van der Waals surface area contributed by atoms with Crippen molar-refractivity contribution in [3.63, 3.8) is 0 Å². The van der Waals surface area contributed by atoms with Gasteiger partial charge in [0.05, 0.1) is 7.11 Å². The molecule has 0 amide bonds. The molecule has 0 radical (unpaired) electrons. The molecule has 1 unspecified atom stereocenters. The number of aliphatic hydroxyl groups is 1. The van der Waals surface area contributed by atoms with Crippen LogP contribution in [0, 0.1) is 0 Å². The smallest absolute Gasteiger partial charge is 0.415 e. The van der Waals surface area contributed by atoms with E-state index >= 15 is 0 Å². The van der Waals surface area contributed by atoms with Gasteiger partial charge in [0.15, 0.2) is 6.10 Å². The number of halogens is 3. The molecule has 0 saturated heterocycles. The third-order valence-corrected chi connectivity index (χ3v) is 2.91. The lowest BCUT2D eigenvalue weighted by atomic mass is 10.2. The summed E-state index contributed by atoms with van der Waals surface area (Å²) in [5.74, 6) is -0.133. The number of carbonyl (C=O) groups is 1. The van der Waals surface area contributed by atoms with E-state index in [9.17, 15) is 18.0 Å². The van der Waals surface area contributed by atoms with Crippen LogP contribution in [-0.2, 0) is 17.7 Å². The SMILES string of the molecule is CCc1oc(C(=O)OC)cc1CN(C)CC(O)C(F)(F)F. The zero-order chi connectivity index (χ0) is 16.2. The van der Waals surface area contributed by atoms with Gasteiger partial charge in [0, 0.05) is 25.1 Å². The number of aryl methyl sites for hydroxylation is 1. The fourth-order valence-electron chi connectivity index (χ4n) is 1.85. The normalized spacial score (nSPS) is 13.5. The molecule has 0 aliphatic heterocycles. The molecular formula is C13H18F3NO4. The molecule has 1 rings (SSSR count). The van der Waals surface area contributed by atoms with Gasteiger partial charge in [-0.3, -0.25) is 4.90 Å². The molecule has 21 heavy (non-hydrogen) atoms. The van der Waals surface area contributed by atoms with E-state index in [1.165, 1.54) is 25.1 Å². The van der Waals surface area contributed by atoms with Gasteiger partial charge in [-0.05, 0) is 13.1 Å². The second kappa shape index (κ2) is 6.95. The lowest BCUT2D eigenvalue weighted by molar-refractivity contribution is -0.207. The summed E-state index contributed by atoms with van der Waals surface area (Å²) < 4.78 is 46.7. The standard InChI is InChI=1S/C13H18F3NO4/c1-4-9-8(5-10(21-9)12(19)20-3)6-17(2)7-11(18)13(14,15)16/h5,11,18H,4,6-7H2,1-3H3. The van der Waals surface area contributed by atoms with Crippen molar-refractivity contribution in [3.05, 3.63) is 23.2 Å². The van der Waals surface area contributed by atoms with Crippen LogP contribution in [0.3, 0.4) is 0 Å². The Kier molecular flexibility index (Phi) is 5.79. The van der Waals surface area contributed by atoms with Gasteiger partial charge in [0.1, 0.15) is 5.76 Å². The first kappa shape index (κ1) is 17.5. The average Bonchev–Trinajstić information content (AvgIpc) is 2.79. The Bertz CT molecular complexity index is 484. The molecule has 1 atom stereocenters. The van der Waals surface area contributed by atoms with Gasteiger partial charge in [-0.15, -0.1) is 0 Å². The van der Waals surface area contributed by atoms with Gasteiger partial charge in [-0.1, -0.05) is 6.92 Å². The minimum atomic E-state index is -4.66. The molecule has 120 valence electrons. The molecule has 8 heteroatoms. The monoisotopic (exact) mass is 309 g/mol. The number of alkyl halides is 3. The van der Waals surface area contributed by atoms with Crippen molar-refractivity contribution in [2.75, 3.05) is 20.7 Å². The number of aliphatic hydroxyl groups excluding tert-OH is 1. The molecular weight excluding hydrogens is 291 g/mol. The Morgan fingerprint density at radius 1 is 1.52 bits per heavy atom. The number of methoxy groups -OCH3 is 1. The molecule has 0 aliphatic rings. The summed E-state index contributed by atoms with van der Waals surface area (Å²) in [6.07, 6.45) is -6.59. The van der Waals surface area contributed by atoms with Gasteiger partial charge in [0.2, 0.25) is 5.76 Å². The largest absolute Gasteiger partial charge is 0.463 e. The Labute approximate surface area is 120 Å². The highest BCUT2D eigenvalue weighted by atomic mass is 19.4. The van der Waals surface area contributed by atoms with Crippen molar-refractivity contribution in [2.24, 2.45) is 0 Å². The zero-order valence-corrected chi connectivity index (χ0v) is 12.0. The predicted molar refractivity (Wildman–Crippen MR) is 67.8 cm³/mol. The van der Waals surface area contributed by atoms with Crippen LogP contribution >= 0.6 is 0 Å². The van der Waals surface area contributed by atoms with E-state index in [-0.39, 0.29) is 12.3 Å². The maximum atomic E-state index is 12.3. The third kappa shape index (κ3) is 4.75. The highest BCUT2D eigenvalue weighted by Gasteiger charge is 2.38. The van der Waals surface area contributed by atoms with Gasteiger partial charge in [0.25, 0.3) is 0 Å². The summed E-state index contributed by atoms with van der Waals surface area (Å²) in [5.41, 5.74) is 0.592. The third-order valence-electron chi connectivity index (χ3n) is 2.91. The quantitative estimate of drug-likeness (QED) is 0.814. The second-order valence-corrected chi connectivity index (χ2v) is 4.66. The topological polar surface area (TPSA) is 62.9 Å². The van der Waals surface area contributed by atoms with E-state index in [1.807, 2.05) is 0 Å². The van der Waals surface area contributed by atoms with Gasteiger partial charge >= 0.3 is 12.1 Å². The van der Waals surface area contributed by atoms with Crippen molar-refractivity contribution in [1.82, 2.24) is 4.90 Å². The number of esters is 1. The average molecular weight is 309 g/mol. The molecule has 0 aliphatic carbocycles. The minimum Gasteiger partial charge on any atom is -0.463 e. The number of likely N-dealkylation sites (N-methyl/N-ethyl adjacent to an activating group) is 1. The Balaban J connectivity index is 2.78. The first-order valence-electron chi connectivity index (χ1n) is 6.32. The molecule has 0 fully saturated rings. The lowest BCUT2D eigenvalue weighted by Gasteiger charge is -2.22. The molecule has 0 aromatic carbocycles. The summed E-state index contributed by atoms with van der Waals surface area (Å²) in [7, 11) is 2.65. The first-order valence-corrected chi connectivity index (χ1v) is 6.32. The van der Waals surface area contributed by atoms with E-state index in [0.717, 1.165) is 0 Å². The fraction of sp³-hybridized carbons (Fsp3) is 0.615. The molecule has 0 saturated carbocycles. The number of hydrogen-bond donors (Lipinski definition) is 1. The van der Waals surface area contributed by atoms with Crippen LogP contribution in [0.4, 0.5) is 13.2 Å². The van der Waals surface area contributed by atoms with Crippen LogP contribution < -0.4 is 0 Å². The van der Waals surface area contributed by atoms with E-state index in [0.29, 0.717) is 17.7 Å². The number of nitrogens with zero attached hydrogens (tertiary/aromatic N) is 1. The van der Waals surface area contributed by atoms with Crippen LogP contribution in [-0.4, -0.2) is 49.0 Å². The van der Waals surface area contributed by atoms with Gasteiger partial charge in [-0.2, -0.15) is 13.2 Å². The molecule has 5 nitrogen and oxygen atoms in total. The Morgan fingerprint density at radius 2 is 2.14 bits per heavy atom. The summed E-state index contributed by atoms with van der Waals surface area (Å²) in [4.78, 5) is 12.7. The summed E-state index contributed by atoms with van der Waals surface area (Å²) >= 11 is 0. The summed E-state index contributed by atoms with van der Waals surface area (Å²) in [5, 5.41) is 9.03. The van der Waals surface area contributed by atoms with Crippen LogP contribution in [0.1, 0.15) is 28.8 Å². The molecule has 0 spiro atoms. The first-order chi connectivity index (χ1) is 9.68. The van der Waals surface area contributed by atoms with Crippen LogP contribution in [0.5, 0.6) is 0 Å². The number of furan rings is 1. The molecule has 1 N–H and O–H groups in total. The number of ether oxygens (including phenoxy) is 1. The minimum absolute atomic E-state index is 0.00844. The van der Waals surface area contributed by atoms with Crippen molar-refractivity contribution in [2.45, 2.75) is 32.2 Å². The van der Waals surface area contributed by atoms with Gasteiger partial charge in [-0.25, -0.2) is 4.79 Å². The lowest BCUT2D eigenvalue weighted by Crippen LogP contribution is -2.39. The van der Waals surface area contributed by atoms with E-state index in [1.54, 1.807) is 6.92 Å². The summed E-state index contributed by atoms with van der Waals surface area (Å²) in [6, 6.07) is 1.45. The van der Waals surface area contributed by atoms with Crippen molar-refractivity contribution < 1.29 is 32.2 Å². The Morgan fingerprint density at radius 3 is 2.62 bits per heavy atom. The molecule has 1 aromatic heterocycles. The van der Waals surface area contributed by atoms with E-state index in [4.69, 9.17) is 9.52 Å². The van der Waals surface area contributed by atoms with Crippen molar-refractivity contribution in [3.8, 4) is 0 Å². The zero-order valence-electron chi connectivity index (χ0n) is 12.0. The molecule has 1 heterocycles. The second-order valence-electron chi connectivity index (χ2n) is 4.66. The number of carbonyl (C=O) groups excluding carboxylic acids is 1. The Hall–Kier alpha value is -1.54. The fourth-order valence-corrected chi connectivity index (χ4v) is 1.85. The highest BCUT2D eigenvalue weighted by molar-refractivity contribution is 5.86. The summed E-state index contributed by atoms with van der Waals surface area (Å²) in [6.45, 7) is 1.36. The van der Waals surface area contributed by atoms with Crippen LogP contribution in [0.15, 0.2) is 10.5 Å². The maximum absolute atomic E-state index is 12.3. The van der Waals surface area contributed by atoms with E-state index < -0.39 is 24.8 Å². The molecule has 1 aromatic rings. The van der Waals surface area contributed by atoms with Crippen LogP contribution in [0.25, 0.3) is 0 Å².